The normalized spacial score (nSPS) is 11.3. The maximum absolute atomic E-state index is 4.48. The molecule has 0 bridgehead atoms. The lowest BCUT2D eigenvalue weighted by Gasteiger charge is -2.01. The van der Waals surface area contributed by atoms with Crippen molar-refractivity contribution in [1.29, 1.82) is 0 Å². The molecule has 0 aliphatic rings. The molecule has 0 saturated carbocycles. The Morgan fingerprint density at radius 3 is 2.67 bits per heavy atom. The first kappa shape index (κ1) is 13.0. The van der Waals surface area contributed by atoms with E-state index in [0.29, 0.717) is 0 Å². The van der Waals surface area contributed by atoms with Gasteiger partial charge in [0.15, 0.2) is 0 Å². The maximum atomic E-state index is 4.48. The molecule has 5 rings (SSSR count). The van der Waals surface area contributed by atoms with Crippen molar-refractivity contribution < 1.29 is 0 Å². The summed E-state index contributed by atoms with van der Waals surface area (Å²) in [5.41, 5.74) is 6.76. The summed E-state index contributed by atoms with van der Waals surface area (Å²) in [5.74, 6) is 0. The fourth-order valence-electron chi connectivity index (χ4n) is 2.93. The summed E-state index contributed by atoms with van der Waals surface area (Å²) in [5, 5.41) is 8.61. The molecule has 0 aliphatic carbocycles. The van der Waals surface area contributed by atoms with E-state index in [-0.39, 0.29) is 0 Å². The Balaban J connectivity index is 1.71. The van der Waals surface area contributed by atoms with Crippen molar-refractivity contribution in [2.75, 3.05) is 0 Å². The van der Waals surface area contributed by atoms with E-state index in [4.69, 9.17) is 0 Å². The number of hydrogen-bond donors (Lipinski definition) is 2. The maximum Gasteiger partial charge on any atom is 0.116 e. The van der Waals surface area contributed by atoms with E-state index in [2.05, 4.69) is 36.2 Å². The first-order valence-electron chi connectivity index (χ1n) is 7.56. The zero-order valence-corrected chi connectivity index (χ0v) is 12.6. The minimum absolute atomic E-state index is 0.877. The quantitative estimate of drug-likeness (QED) is 0.522. The molecule has 0 radical (unpaired) electrons. The van der Waals surface area contributed by atoms with Crippen LogP contribution in [-0.4, -0.2) is 30.1 Å². The van der Waals surface area contributed by atoms with Gasteiger partial charge in [0, 0.05) is 29.5 Å². The molecule has 0 unspecified atom stereocenters. The molecular weight excluding hydrogens is 300 g/mol. The summed E-state index contributed by atoms with van der Waals surface area (Å²) < 4.78 is 0. The lowest BCUT2D eigenvalue weighted by Crippen LogP contribution is -1.83. The number of aromatic nitrogens is 6. The monoisotopic (exact) mass is 312 g/mol. The van der Waals surface area contributed by atoms with Crippen LogP contribution in [0.25, 0.3) is 44.5 Å². The Labute approximate surface area is 136 Å². The van der Waals surface area contributed by atoms with Gasteiger partial charge in [0.05, 0.1) is 22.2 Å². The average Bonchev–Trinajstić information content (AvgIpc) is 3.25. The van der Waals surface area contributed by atoms with Crippen LogP contribution >= 0.6 is 0 Å². The molecule has 24 heavy (non-hydrogen) atoms. The molecule has 1 aromatic carbocycles. The number of pyridine rings is 1. The number of fused-ring (bicyclic) bond motifs is 2. The Morgan fingerprint density at radius 2 is 1.79 bits per heavy atom. The van der Waals surface area contributed by atoms with Crippen molar-refractivity contribution in [3.05, 3.63) is 61.3 Å². The molecule has 0 atom stereocenters. The third kappa shape index (κ3) is 1.97. The predicted octanol–water partition coefficient (Wildman–Crippen LogP) is 3.56. The molecule has 0 aliphatic heterocycles. The van der Waals surface area contributed by atoms with Crippen LogP contribution < -0.4 is 0 Å². The molecule has 4 heterocycles. The average molecular weight is 312 g/mol. The van der Waals surface area contributed by atoms with Crippen LogP contribution in [0, 0.1) is 0 Å². The van der Waals surface area contributed by atoms with Gasteiger partial charge >= 0.3 is 0 Å². The fourth-order valence-corrected chi connectivity index (χ4v) is 2.93. The van der Waals surface area contributed by atoms with E-state index in [0.717, 1.165) is 44.5 Å². The van der Waals surface area contributed by atoms with Gasteiger partial charge in [0.2, 0.25) is 0 Å². The molecule has 6 nitrogen and oxygen atoms in total. The van der Waals surface area contributed by atoms with Gasteiger partial charge in [-0.3, -0.25) is 10.1 Å². The summed E-state index contributed by atoms with van der Waals surface area (Å²) in [4.78, 5) is 15.9. The lowest BCUT2D eigenvalue weighted by atomic mass is 10.1. The number of nitrogens with zero attached hydrogens (tertiary/aromatic N) is 4. The van der Waals surface area contributed by atoms with Gasteiger partial charge in [-0.05, 0) is 35.9 Å². The van der Waals surface area contributed by atoms with E-state index >= 15 is 0 Å². The highest BCUT2D eigenvalue weighted by molar-refractivity contribution is 5.97. The molecule has 4 aromatic heterocycles. The van der Waals surface area contributed by atoms with Crippen LogP contribution in [0.4, 0.5) is 0 Å². The van der Waals surface area contributed by atoms with E-state index in [1.54, 1.807) is 18.6 Å². The van der Waals surface area contributed by atoms with Crippen LogP contribution in [0.1, 0.15) is 0 Å². The molecule has 0 amide bonds. The summed E-state index contributed by atoms with van der Waals surface area (Å²) in [6.07, 6.45) is 6.93. The van der Waals surface area contributed by atoms with Gasteiger partial charge in [-0.2, -0.15) is 5.10 Å². The van der Waals surface area contributed by atoms with Crippen molar-refractivity contribution in [1.82, 2.24) is 30.1 Å². The smallest absolute Gasteiger partial charge is 0.116 e. The topological polar surface area (TPSA) is 83.1 Å². The highest BCUT2D eigenvalue weighted by Crippen LogP contribution is 2.30. The van der Waals surface area contributed by atoms with Gasteiger partial charge in [-0.25, -0.2) is 9.97 Å². The van der Waals surface area contributed by atoms with Gasteiger partial charge in [-0.1, -0.05) is 6.07 Å². The van der Waals surface area contributed by atoms with E-state index in [1.807, 2.05) is 30.3 Å². The molecule has 114 valence electrons. The van der Waals surface area contributed by atoms with Gasteiger partial charge in [0.25, 0.3) is 0 Å². The molecule has 6 heteroatoms. The standard InChI is InChI=1S/C18H12N6/c1-2-15-16(21-5-1)7-17(22-15)18-13-6-11(3-4-14(13)23-24-18)12-8-19-10-20-9-12/h1-10,22H,(H,23,24). The number of nitrogens with one attached hydrogen (secondary N) is 2. The van der Waals surface area contributed by atoms with E-state index in [9.17, 15) is 0 Å². The Morgan fingerprint density at radius 1 is 0.875 bits per heavy atom. The van der Waals surface area contributed by atoms with Crippen molar-refractivity contribution in [2.45, 2.75) is 0 Å². The number of aromatic amines is 2. The van der Waals surface area contributed by atoms with Gasteiger partial charge in [0.1, 0.15) is 12.0 Å². The minimum atomic E-state index is 0.877. The predicted molar refractivity (Wildman–Crippen MR) is 92.2 cm³/mol. The van der Waals surface area contributed by atoms with Crippen molar-refractivity contribution in [3.8, 4) is 22.5 Å². The highest BCUT2D eigenvalue weighted by atomic mass is 15.1. The second kappa shape index (κ2) is 4.99. The van der Waals surface area contributed by atoms with Crippen molar-refractivity contribution in [3.63, 3.8) is 0 Å². The highest BCUT2D eigenvalue weighted by Gasteiger charge is 2.12. The largest absolute Gasteiger partial charge is 0.352 e. The fraction of sp³-hybridized carbons (Fsp3) is 0. The molecular formula is C18H12N6. The van der Waals surface area contributed by atoms with E-state index in [1.165, 1.54) is 6.33 Å². The summed E-state index contributed by atoms with van der Waals surface area (Å²) in [6, 6.07) is 12.1. The Kier molecular flexibility index (Phi) is 2.69. The molecule has 2 N–H and O–H groups in total. The van der Waals surface area contributed by atoms with Crippen LogP contribution in [-0.2, 0) is 0 Å². The van der Waals surface area contributed by atoms with Crippen LogP contribution in [0.2, 0.25) is 0 Å². The number of H-pyrrole nitrogens is 2. The third-order valence-corrected chi connectivity index (χ3v) is 4.10. The molecule has 0 spiro atoms. The van der Waals surface area contributed by atoms with Gasteiger partial charge in [-0.15, -0.1) is 0 Å². The summed E-state index contributed by atoms with van der Waals surface area (Å²) in [6.45, 7) is 0. The van der Waals surface area contributed by atoms with E-state index < -0.39 is 0 Å². The molecule has 5 aromatic rings. The minimum Gasteiger partial charge on any atom is -0.352 e. The second-order valence-corrected chi connectivity index (χ2v) is 5.58. The number of hydrogen-bond acceptors (Lipinski definition) is 4. The number of rotatable bonds is 2. The summed E-state index contributed by atoms with van der Waals surface area (Å²) in [7, 11) is 0. The molecule has 0 saturated heterocycles. The molecule has 0 fully saturated rings. The second-order valence-electron chi connectivity index (χ2n) is 5.58. The van der Waals surface area contributed by atoms with Crippen LogP contribution in [0.15, 0.2) is 61.3 Å². The lowest BCUT2D eigenvalue weighted by molar-refractivity contribution is 1.12. The Bertz CT molecular complexity index is 1120. The SMILES string of the molecule is c1cnc2cc(-c3n[nH]c4ccc(-c5cncnc5)cc34)[nH]c2c1. The van der Waals surface area contributed by atoms with Crippen molar-refractivity contribution >= 4 is 21.9 Å². The van der Waals surface area contributed by atoms with Crippen molar-refractivity contribution in [2.24, 2.45) is 0 Å². The zero-order chi connectivity index (χ0) is 15.9. The number of benzene rings is 1. The summed E-state index contributed by atoms with van der Waals surface area (Å²) >= 11 is 0. The Hall–Kier alpha value is -3.54. The van der Waals surface area contributed by atoms with Crippen LogP contribution in [0.5, 0.6) is 0 Å². The zero-order valence-electron chi connectivity index (χ0n) is 12.6. The first-order chi connectivity index (χ1) is 11.9. The first-order valence-corrected chi connectivity index (χ1v) is 7.56. The van der Waals surface area contributed by atoms with Gasteiger partial charge < -0.3 is 4.98 Å². The van der Waals surface area contributed by atoms with Crippen LogP contribution in [0.3, 0.4) is 0 Å². The third-order valence-electron chi connectivity index (χ3n) is 4.10.